The molecule has 0 unspecified atom stereocenters. The molecule has 1 heterocycles. The van der Waals surface area contributed by atoms with Crippen LogP contribution < -0.4 is 10.5 Å². The highest BCUT2D eigenvalue weighted by atomic mass is 16.5. The van der Waals surface area contributed by atoms with Crippen LogP contribution in [0.5, 0.6) is 5.75 Å². The second kappa shape index (κ2) is 5.83. The summed E-state index contributed by atoms with van der Waals surface area (Å²) in [4.78, 5) is 4.12. The van der Waals surface area contributed by atoms with Crippen molar-refractivity contribution in [2.45, 2.75) is 25.9 Å². The summed E-state index contributed by atoms with van der Waals surface area (Å²) in [6.07, 6.45) is 5.10. The maximum absolute atomic E-state index is 8.79. The molecule has 0 radical (unpaired) electrons. The molecule has 1 aromatic carbocycles. The Bertz CT molecular complexity index is 683. The third-order valence-electron chi connectivity index (χ3n) is 3.71. The Labute approximate surface area is 123 Å². The molecular formula is C16H17N3O2. The second-order valence-electron chi connectivity index (χ2n) is 5.07. The van der Waals surface area contributed by atoms with Gasteiger partial charge in [-0.25, -0.2) is 0 Å². The molecule has 5 heteroatoms. The topological polar surface area (TPSA) is 80.7 Å². The Morgan fingerprint density at radius 1 is 1.29 bits per heavy atom. The lowest BCUT2D eigenvalue weighted by molar-refractivity contribution is 0.304. The molecule has 0 saturated carbocycles. The van der Waals surface area contributed by atoms with Gasteiger partial charge in [0.2, 0.25) is 0 Å². The first-order valence-corrected chi connectivity index (χ1v) is 6.94. The van der Waals surface area contributed by atoms with Gasteiger partial charge in [-0.1, -0.05) is 17.3 Å². The van der Waals surface area contributed by atoms with Crippen LogP contribution in [0.3, 0.4) is 0 Å². The van der Waals surface area contributed by atoms with Crippen LogP contribution in [0.2, 0.25) is 0 Å². The number of amidine groups is 1. The van der Waals surface area contributed by atoms with Crippen molar-refractivity contribution in [1.82, 2.24) is 4.98 Å². The van der Waals surface area contributed by atoms with Gasteiger partial charge in [0.15, 0.2) is 5.84 Å². The number of aromatic nitrogens is 1. The van der Waals surface area contributed by atoms with E-state index in [1.54, 1.807) is 12.3 Å². The number of nitrogens with two attached hydrogens (primary N) is 1. The third-order valence-corrected chi connectivity index (χ3v) is 3.71. The van der Waals surface area contributed by atoms with Crippen molar-refractivity contribution in [3.8, 4) is 5.75 Å². The molecule has 0 saturated heterocycles. The minimum Gasteiger partial charge on any atom is -0.489 e. The molecule has 1 aliphatic carbocycles. The monoisotopic (exact) mass is 283 g/mol. The molecule has 0 amide bonds. The van der Waals surface area contributed by atoms with Crippen LogP contribution in [0, 0.1) is 0 Å². The predicted octanol–water partition coefficient (Wildman–Crippen LogP) is 2.24. The van der Waals surface area contributed by atoms with Crippen LogP contribution in [0.4, 0.5) is 0 Å². The average molecular weight is 283 g/mol. The highest BCUT2D eigenvalue weighted by molar-refractivity contribution is 5.96. The van der Waals surface area contributed by atoms with Gasteiger partial charge in [0.25, 0.3) is 0 Å². The maximum Gasteiger partial charge on any atom is 0.189 e. The van der Waals surface area contributed by atoms with Gasteiger partial charge in [0.05, 0.1) is 0 Å². The fourth-order valence-electron chi connectivity index (χ4n) is 2.63. The fraction of sp³-hybridized carbons (Fsp3) is 0.250. The van der Waals surface area contributed by atoms with E-state index in [-0.39, 0.29) is 5.84 Å². The number of nitrogens with zero attached hydrogens (tertiary/aromatic N) is 2. The minimum atomic E-state index is -0.0110. The Balaban J connectivity index is 1.76. The molecule has 0 spiro atoms. The summed E-state index contributed by atoms with van der Waals surface area (Å²) in [5.74, 6) is 0.827. The van der Waals surface area contributed by atoms with E-state index < -0.39 is 0 Å². The predicted molar refractivity (Wildman–Crippen MR) is 79.5 cm³/mol. The van der Waals surface area contributed by atoms with Crippen molar-refractivity contribution < 1.29 is 9.94 Å². The zero-order valence-electron chi connectivity index (χ0n) is 11.6. The van der Waals surface area contributed by atoms with E-state index in [4.69, 9.17) is 15.7 Å². The zero-order chi connectivity index (χ0) is 14.7. The lowest BCUT2D eigenvalue weighted by Gasteiger charge is -2.10. The number of ether oxygens (including phenoxy) is 1. The Hall–Kier alpha value is -2.56. The number of benzene rings is 1. The number of fused-ring (bicyclic) bond motifs is 1. The lowest BCUT2D eigenvalue weighted by atomic mass is 10.1. The Morgan fingerprint density at radius 2 is 2.14 bits per heavy atom. The van der Waals surface area contributed by atoms with Crippen LogP contribution in [0.1, 0.15) is 28.8 Å². The Morgan fingerprint density at radius 3 is 3.00 bits per heavy atom. The summed E-state index contributed by atoms with van der Waals surface area (Å²) < 4.78 is 5.82. The molecule has 1 aliphatic rings. The smallest absolute Gasteiger partial charge is 0.189 e. The van der Waals surface area contributed by atoms with Crippen molar-refractivity contribution in [3.63, 3.8) is 0 Å². The molecule has 0 bridgehead atoms. The first kappa shape index (κ1) is 13.4. The Kier molecular flexibility index (Phi) is 3.73. The number of aryl methyl sites for hydroxylation is 2. The summed E-state index contributed by atoms with van der Waals surface area (Å²) in [6, 6.07) is 9.88. The summed E-state index contributed by atoms with van der Waals surface area (Å²) in [6.45, 7) is 0.332. The molecular weight excluding hydrogens is 266 g/mol. The standard InChI is InChI=1S/C16H17N3O2/c17-16(19-20)15-13(5-2-8-18-15)10-21-14-7-6-11-3-1-4-12(11)9-14/h2,5-9,20H,1,3-4,10H2,(H2,17,19). The molecule has 0 atom stereocenters. The molecule has 5 nitrogen and oxygen atoms in total. The first-order chi connectivity index (χ1) is 10.3. The summed E-state index contributed by atoms with van der Waals surface area (Å²) in [5.41, 5.74) is 9.64. The van der Waals surface area contributed by atoms with Crippen LogP contribution in [-0.2, 0) is 19.4 Å². The first-order valence-electron chi connectivity index (χ1n) is 6.94. The van der Waals surface area contributed by atoms with Crippen LogP contribution in [0.25, 0.3) is 0 Å². The fourth-order valence-corrected chi connectivity index (χ4v) is 2.63. The summed E-state index contributed by atoms with van der Waals surface area (Å²) >= 11 is 0. The van der Waals surface area contributed by atoms with Crippen LogP contribution in [0.15, 0.2) is 41.7 Å². The largest absolute Gasteiger partial charge is 0.489 e. The van der Waals surface area contributed by atoms with Gasteiger partial charge in [-0.3, -0.25) is 4.98 Å². The minimum absolute atomic E-state index is 0.0110. The number of rotatable bonds is 4. The molecule has 0 aliphatic heterocycles. The third kappa shape index (κ3) is 2.81. The van der Waals surface area contributed by atoms with E-state index in [1.165, 1.54) is 17.5 Å². The van der Waals surface area contributed by atoms with E-state index in [0.29, 0.717) is 12.3 Å². The number of oxime groups is 1. The summed E-state index contributed by atoms with van der Waals surface area (Å²) in [5, 5.41) is 11.8. The van der Waals surface area contributed by atoms with E-state index in [1.807, 2.05) is 12.1 Å². The summed E-state index contributed by atoms with van der Waals surface area (Å²) in [7, 11) is 0. The lowest BCUT2D eigenvalue weighted by Crippen LogP contribution is -2.18. The maximum atomic E-state index is 8.79. The van der Waals surface area contributed by atoms with E-state index >= 15 is 0 Å². The van der Waals surface area contributed by atoms with Crippen molar-refractivity contribution >= 4 is 5.84 Å². The van der Waals surface area contributed by atoms with Crippen molar-refractivity contribution in [2.24, 2.45) is 10.9 Å². The average Bonchev–Trinajstić information content (AvgIpc) is 3.00. The highest BCUT2D eigenvalue weighted by Crippen LogP contribution is 2.26. The second-order valence-corrected chi connectivity index (χ2v) is 5.07. The highest BCUT2D eigenvalue weighted by Gasteiger charge is 2.12. The van der Waals surface area contributed by atoms with Crippen molar-refractivity contribution in [1.29, 1.82) is 0 Å². The SMILES string of the molecule is NC(=NO)c1ncccc1COc1ccc2c(c1)CCC2. The van der Waals surface area contributed by atoms with Gasteiger partial charge in [-0.15, -0.1) is 0 Å². The molecule has 0 fully saturated rings. The van der Waals surface area contributed by atoms with Gasteiger partial charge >= 0.3 is 0 Å². The van der Waals surface area contributed by atoms with Crippen LogP contribution in [-0.4, -0.2) is 16.0 Å². The normalized spacial score (nSPS) is 14.0. The van der Waals surface area contributed by atoms with Gasteiger partial charge < -0.3 is 15.7 Å². The molecule has 3 N–H and O–H groups in total. The molecule has 108 valence electrons. The van der Waals surface area contributed by atoms with Gasteiger partial charge in [-0.05, 0) is 48.6 Å². The van der Waals surface area contributed by atoms with E-state index in [9.17, 15) is 0 Å². The molecule has 21 heavy (non-hydrogen) atoms. The number of hydrogen-bond acceptors (Lipinski definition) is 4. The zero-order valence-corrected chi connectivity index (χ0v) is 11.6. The quantitative estimate of drug-likeness (QED) is 0.390. The van der Waals surface area contributed by atoms with Crippen molar-refractivity contribution in [3.05, 3.63) is 58.9 Å². The molecule has 3 rings (SSSR count). The van der Waals surface area contributed by atoms with Gasteiger partial charge in [-0.2, -0.15) is 0 Å². The number of pyridine rings is 1. The van der Waals surface area contributed by atoms with E-state index in [2.05, 4.69) is 22.3 Å². The molecule has 1 aromatic heterocycles. The van der Waals surface area contributed by atoms with Crippen molar-refractivity contribution in [2.75, 3.05) is 0 Å². The van der Waals surface area contributed by atoms with Gasteiger partial charge in [0.1, 0.15) is 18.1 Å². The van der Waals surface area contributed by atoms with Crippen LogP contribution >= 0.6 is 0 Å². The number of hydrogen-bond donors (Lipinski definition) is 2. The molecule has 2 aromatic rings. The van der Waals surface area contributed by atoms with E-state index in [0.717, 1.165) is 24.2 Å². The van der Waals surface area contributed by atoms with Gasteiger partial charge in [0, 0.05) is 11.8 Å².